The minimum absolute atomic E-state index is 0.302. The second-order valence-corrected chi connectivity index (χ2v) is 7.48. The van der Waals surface area contributed by atoms with Crippen LogP contribution in [0.15, 0.2) is 54.6 Å². The number of benzene rings is 2. The molecule has 1 aliphatic rings. The van der Waals surface area contributed by atoms with Gasteiger partial charge in [-0.05, 0) is 31.9 Å². The number of aryl methyl sites for hydroxylation is 2. The number of hydrogen-bond acceptors (Lipinski definition) is 4. The first-order chi connectivity index (χ1) is 13.9. The van der Waals surface area contributed by atoms with E-state index in [2.05, 4.69) is 10.2 Å². The van der Waals surface area contributed by atoms with Crippen molar-refractivity contribution in [1.82, 2.24) is 10.2 Å². The van der Waals surface area contributed by atoms with Gasteiger partial charge in [-0.3, -0.25) is 14.7 Å². The number of Topliss-reactive ketones (excluding diaryl/α,β-unsaturated/α-hetero) is 1. The molecular formula is C23H23N3O3. The minimum Gasteiger partial charge on any atom is -0.375 e. The van der Waals surface area contributed by atoms with Crippen LogP contribution >= 0.6 is 0 Å². The van der Waals surface area contributed by atoms with Crippen LogP contribution in [0.1, 0.15) is 39.3 Å². The number of nitrogens with zero attached hydrogens (tertiary/aromatic N) is 2. The lowest BCUT2D eigenvalue weighted by Crippen LogP contribution is -2.42. The third-order valence-electron chi connectivity index (χ3n) is 5.53. The van der Waals surface area contributed by atoms with Gasteiger partial charge in [0.15, 0.2) is 11.4 Å². The van der Waals surface area contributed by atoms with Gasteiger partial charge in [-0.1, -0.05) is 48.5 Å². The van der Waals surface area contributed by atoms with Crippen LogP contribution in [0.5, 0.6) is 0 Å². The van der Waals surface area contributed by atoms with Crippen molar-refractivity contribution in [1.29, 1.82) is 0 Å². The van der Waals surface area contributed by atoms with Gasteiger partial charge in [-0.2, -0.15) is 5.10 Å². The van der Waals surface area contributed by atoms with Crippen molar-refractivity contribution >= 4 is 17.4 Å². The van der Waals surface area contributed by atoms with E-state index in [9.17, 15) is 14.7 Å². The predicted octanol–water partition coefficient (Wildman–Crippen LogP) is 3.08. The first kappa shape index (κ1) is 19.1. The number of anilines is 1. The SMILES string of the molecule is Cc1n[nH]c(C)c1C(=O)CC1(O)C(=O)N(CCc2ccccc2)c2ccccc21. The van der Waals surface area contributed by atoms with E-state index in [-0.39, 0.29) is 12.2 Å². The number of ketones is 1. The van der Waals surface area contributed by atoms with Crippen molar-refractivity contribution < 1.29 is 14.7 Å². The summed E-state index contributed by atoms with van der Waals surface area (Å²) in [7, 11) is 0. The van der Waals surface area contributed by atoms with Gasteiger partial charge in [-0.25, -0.2) is 0 Å². The van der Waals surface area contributed by atoms with Crippen LogP contribution in [-0.4, -0.2) is 33.5 Å². The number of aliphatic hydroxyl groups is 1. The van der Waals surface area contributed by atoms with Crippen molar-refractivity contribution in [3.05, 3.63) is 82.7 Å². The summed E-state index contributed by atoms with van der Waals surface area (Å²) in [4.78, 5) is 27.8. The number of amides is 1. The summed E-state index contributed by atoms with van der Waals surface area (Å²) >= 11 is 0. The molecule has 29 heavy (non-hydrogen) atoms. The molecule has 0 fully saturated rings. The summed E-state index contributed by atoms with van der Waals surface area (Å²) in [6.07, 6.45) is 0.344. The van der Waals surface area contributed by atoms with Crippen molar-refractivity contribution in [2.45, 2.75) is 32.3 Å². The van der Waals surface area contributed by atoms with Gasteiger partial charge in [0.1, 0.15) is 0 Å². The molecular weight excluding hydrogens is 366 g/mol. The zero-order chi connectivity index (χ0) is 20.6. The summed E-state index contributed by atoms with van der Waals surface area (Å²) in [6, 6.07) is 17.0. The Labute approximate surface area is 169 Å². The molecule has 4 rings (SSSR count). The molecule has 1 aliphatic heterocycles. The van der Waals surface area contributed by atoms with Gasteiger partial charge in [0.25, 0.3) is 5.91 Å². The number of aromatic amines is 1. The number of carbonyl (C=O) groups is 2. The molecule has 6 nitrogen and oxygen atoms in total. The second-order valence-electron chi connectivity index (χ2n) is 7.48. The quantitative estimate of drug-likeness (QED) is 0.635. The Hall–Kier alpha value is -3.25. The molecule has 1 aromatic heterocycles. The van der Waals surface area contributed by atoms with Crippen molar-refractivity contribution in [2.24, 2.45) is 0 Å². The molecule has 2 aromatic carbocycles. The highest BCUT2D eigenvalue weighted by Crippen LogP contribution is 2.43. The van der Waals surface area contributed by atoms with Crippen molar-refractivity contribution in [2.75, 3.05) is 11.4 Å². The normalized spacial score (nSPS) is 18.2. The number of aromatic nitrogens is 2. The molecule has 0 radical (unpaired) electrons. The summed E-state index contributed by atoms with van der Waals surface area (Å²) in [5, 5.41) is 18.2. The van der Waals surface area contributed by atoms with E-state index >= 15 is 0 Å². The van der Waals surface area contributed by atoms with Gasteiger partial charge < -0.3 is 10.0 Å². The smallest absolute Gasteiger partial charge is 0.264 e. The largest absolute Gasteiger partial charge is 0.375 e. The molecule has 2 heterocycles. The molecule has 2 N–H and O–H groups in total. The van der Waals surface area contributed by atoms with Crippen LogP contribution in [0.2, 0.25) is 0 Å². The van der Waals surface area contributed by atoms with Crippen LogP contribution in [0.25, 0.3) is 0 Å². The van der Waals surface area contributed by atoms with E-state index < -0.39 is 11.5 Å². The Morgan fingerprint density at radius 1 is 1.10 bits per heavy atom. The number of para-hydroxylation sites is 1. The summed E-state index contributed by atoms with van der Waals surface area (Å²) < 4.78 is 0. The topological polar surface area (TPSA) is 86.3 Å². The molecule has 0 bridgehead atoms. The van der Waals surface area contributed by atoms with Gasteiger partial charge in [0, 0.05) is 17.8 Å². The molecule has 1 amide bonds. The number of fused-ring (bicyclic) bond motifs is 1. The molecule has 1 unspecified atom stereocenters. The predicted molar refractivity (Wildman–Crippen MR) is 110 cm³/mol. The number of H-pyrrole nitrogens is 1. The fourth-order valence-corrected chi connectivity index (χ4v) is 4.07. The Balaban J connectivity index is 1.63. The van der Waals surface area contributed by atoms with Gasteiger partial charge >= 0.3 is 0 Å². The van der Waals surface area contributed by atoms with E-state index in [0.29, 0.717) is 41.2 Å². The van der Waals surface area contributed by atoms with Gasteiger partial charge in [0.05, 0.1) is 23.4 Å². The van der Waals surface area contributed by atoms with E-state index in [1.54, 1.807) is 30.9 Å². The summed E-state index contributed by atoms with van der Waals surface area (Å²) in [5.74, 6) is -0.758. The van der Waals surface area contributed by atoms with E-state index in [4.69, 9.17) is 0 Å². The Bertz CT molecular complexity index is 1050. The molecule has 0 aliphatic carbocycles. The Kier molecular flexibility index (Phi) is 4.80. The molecule has 148 valence electrons. The average molecular weight is 389 g/mol. The molecule has 0 saturated heterocycles. The lowest BCUT2D eigenvalue weighted by Gasteiger charge is -2.23. The Morgan fingerprint density at radius 2 is 1.79 bits per heavy atom. The maximum atomic E-state index is 13.3. The van der Waals surface area contributed by atoms with Crippen molar-refractivity contribution in [3.8, 4) is 0 Å². The van der Waals surface area contributed by atoms with Crippen LogP contribution in [0.4, 0.5) is 5.69 Å². The monoisotopic (exact) mass is 389 g/mol. The van der Waals surface area contributed by atoms with Crippen LogP contribution in [0, 0.1) is 13.8 Å². The maximum Gasteiger partial charge on any atom is 0.264 e. The van der Waals surface area contributed by atoms with Crippen LogP contribution in [-0.2, 0) is 16.8 Å². The molecule has 0 spiro atoms. The van der Waals surface area contributed by atoms with Gasteiger partial charge in [-0.15, -0.1) is 0 Å². The molecule has 0 saturated carbocycles. The van der Waals surface area contributed by atoms with E-state index in [0.717, 1.165) is 5.56 Å². The number of nitrogens with one attached hydrogen (secondary N) is 1. The highest BCUT2D eigenvalue weighted by molar-refractivity contribution is 6.11. The first-order valence-corrected chi connectivity index (χ1v) is 9.64. The van der Waals surface area contributed by atoms with E-state index in [1.165, 1.54) is 0 Å². The minimum atomic E-state index is -1.87. The fraction of sp³-hybridized carbons (Fsp3) is 0.261. The number of rotatable bonds is 6. The summed E-state index contributed by atoms with van der Waals surface area (Å²) in [6.45, 7) is 3.92. The van der Waals surface area contributed by atoms with Gasteiger partial charge in [0.2, 0.25) is 0 Å². The fourth-order valence-electron chi connectivity index (χ4n) is 4.07. The standard InChI is InChI=1S/C23H23N3O3/c1-15-21(16(2)25-24-15)20(27)14-23(29)18-10-6-7-11-19(18)26(22(23)28)13-12-17-8-4-3-5-9-17/h3-11,29H,12-14H2,1-2H3,(H,24,25). The third-order valence-corrected chi connectivity index (χ3v) is 5.53. The van der Waals surface area contributed by atoms with Crippen LogP contribution in [0.3, 0.4) is 0 Å². The highest BCUT2D eigenvalue weighted by Gasteiger charge is 2.50. The molecule has 3 aromatic rings. The zero-order valence-corrected chi connectivity index (χ0v) is 16.5. The van der Waals surface area contributed by atoms with Crippen molar-refractivity contribution in [3.63, 3.8) is 0 Å². The molecule has 6 heteroatoms. The lowest BCUT2D eigenvalue weighted by atomic mass is 9.87. The number of hydrogen-bond donors (Lipinski definition) is 2. The lowest BCUT2D eigenvalue weighted by molar-refractivity contribution is -0.135. The Morgan fingerprint density at radius 3 is 2.48 bits per heavy atom. The van der Waals surface area contributed by atoms with Crippen LogP contribution < -0.4 is 4.90 Å². The highest BCUT2D eigenvalue weighted by atomic mass is 16.3. The second kappa shape index (κ2) is 7.29. The first-order valence-electron chi connectivity index (χ1n) is 9.64. The number of carbonyl (C=O) groups excluding carboxylic acids is 2. The summed E-state index contributed by atoms with van der Waals surface area (Å²) in [5.41, 5.74) is 2.00. The zero-order valence-electron chi connectivity index (χ0n) is 16.5. The average Bonchev–Trinajstić information content (AvgIpc) is 3.16. The van der Waals surface area contributed by atoms with E-state index in [1.807, 2.05) is 42.5 Å². The third kappa shape index (κ3) is 3.25. The molecule has 1 atom stereocenters. The maximum absolute atomic E-state index is 13.3.